The summed E-state index contributed by atoms with van der Waals surface area (Å²) >= 11 is 0. The molecule has 0 unspecified atom stereocenters. The zero-order valence-corrected chi connectivity index (χ0v) is 16.5. The number of fused-ring (bicyclic) bond motifs is 1. The number of carbonyl (C=O) groups excluding carboxylic acids is 1. The van der Waals surface area contributed by atoms with Crippen molar-refractivity contribution >= 4 is 17.4 Å². The Morgan fingerprint density at radius 1 is 1.03 bits per heavy atom. The Balaban J connectivity index is 1.49. The van der Waals surface area contributed by atoms with Crippen molar-refractivity contribution in [2.45, 2.75) is 31.7 Å². The van der Waals surface area contributed by atoms with Crippen LogP contribution in [0.5, 0.6) is 0 Å². The van der Waals surface area contributed by atoms with Crippen LogP contribution < -0.4 is 9.80 Å². The fraction of sp³-hybridized carbons (Fsp3) is 0.304. The van der Waals surface area contributed by atoms with Crippen LogP contribution in [-0.4, -0.2) is 40.5 Å². The van der Waals surface area contributed by atoms with Crippen LogP contribution in [0.25, 0.3) is 11.5 Å². The number of amides is 1. The molecule has 146 valence electrons. The maximum atomic E-state index is 13.2. The molecule has 1 aromatic carbocycles. The number of aryl methyl sites for hydroxylation is 1. The molecule has 1 aliphatic heterocycles. The van der Waals surface area contributed by atoms with Crippen molar-refractivity contribution in [1.82, 2.24) is 15.0 Å². The summed E-state index contributed by atoms with van der Waals surface area (Å²) < 4.78 is 0. The van der Waals surface area contributed by atoms with Gasteiger partial charge >= 0.3 is 0 Å². The highest BCUT2D eigenvalue weighted by atomic mass is 16.2. The van der Waals surface area contributed by atoms with Gasteiger partial charge in [-0.3, -0.25) is 9.78 Å². The van der Waals surface area contributed by atoms with Gasteiger partial charge in [0.15, 0.2) is 5.82 Å². The number of pyridine rings is 1. The summed E-state index contributed by atoms with van der Waals surface area (Å²) in [4.78, 5) is 31.2. The van der Waals surface area contributed by atoms with Crippen LogP contribution in [0.4, 0.5) is 11.5 Å². The summed E-state index contributed by atoms with van der Waals surface area (Å²) in [5, 5.41) is 0. The number of rotatable bonds is 4. The van der Waals surface area contributed by atoms with E-state index in [1.165, 1.54) is 5.56 Å². The molecule has 5 rings (SSSR count). The first-order valence-electron chi connectivity index (χ1n) is 10.1. The van der Waals surface area contributed by atoms with Gasteiger partial charge in [0.25, 0.3) is 0 Å². The van der Waals surface area contributed by atoms with Gasteiger partial charge in [-0.2, -0.15) is 0 Å². The number of aromatic nitrogens is 3. The van der Waals surface area contributed by atoms with Gasteiger partial charge in [0.1, 0.15) is 17.6 Å². The molecule has 6 heteroatoms. The fourth-order valence-corrected chi connectivity index (χ4v) is 4.35. The largest absolute Gasteiger partial charge is 0.347 e. The number of nitrogens with zero attached hydrogens (tertiary/aromatic N) is 5. The van der Waals surface area contributed by atoms with E-state index in [2.05, 4.69) is 9.88 Å². The number of benzene rings is 1. The first-order chi connectivity index (χ1) is 14.2. The van der Waals surface area contributed by atoms with Crippen LogP contribution in [0.3, 0.4) is 0 Å². The molecule has 0 spiro atoms. The quantitative estimate of drug-likeness (QED) is 0.690. The van der Waals surface area contributed by atoms with Crippen molar-refractivity contribution in [3.05, 3.63) is 66.0 Å². The van der Waals surface area contributed by atoms with Crippen LogP contribution >= 0.6 is 0 Å². The Kier molecular flexibility index (Phi) is 4.46. The minimum Gasteiger partial charge on any atom is -0.347 e. The average molecular weight is 385 g/mol. The Labute approximate surface area is 170 Å². The number of hydrogen-bond donors (Lipinski definition) is 0. The molecule has 0 radical (unpaired) electrons. The molecule has 6 nitrogen and oxygen atoms in total. The number of hydrogen-bond acceptors (Lipinski definition) is 5. The van der Waals surface area contributed by atoms with Crippen molar-refractivity contribution in [2.24, 2.45) is 0 Å². The topological polar surface area (TPSA) is 62.2 Å². The van der Waals surface area contributed by atoms with Crippen LogP contribution in [-0.2, 0) is 17.6 Å². The molecule has 0 N–H and O–H groups in total. The highest BCUT2D eigenvalue weighted by Gasteiger charge is 2.37. The molecule has 29 heavy (non-hydrogen) atoms. The second-order valence-corrected chi connectivity index (χ2v) is 7.61. The summed E-state index contributed by atoms with van der Waals surface area (Å²) in [5.74, 6) is 1.64. The normalized spacial score (nSPS) is 18.2. The highest BCUT2D eigenvalue weighted by molar-refractivity contribution is 6.01. The van der Waals surface area contributed by atoms with E-state index in [0.29, 0.717) is 5.82 Å². The van der Waals surface area contributed by atoms with E-state index in [4.69, 9.17) is 9.97 Å². The third-order valence-corrected chi connectivity index (χ3v) is 5.85. The first kappa shape index (κ1) is 17.8. The number of carbonyl (C=O) groups is 1. The molecule has 3 aromatic rings. The van der Waals surface area contributed by atoms with Gasteiger partial charge in [0.05, 0.1) is 0 Å². The summed E-state index contributed by atoms with van der Waals surface area (Å²) in [7, 11) is 1.99. The molecule has 1 atom stereocenters. The van der Waals surface area contributed by atoms with Gasteiger partial charge in [-0.05, 0) is 49.9 Å². The highest BCUT2D eigenvalue weighted by Crippen LogP contribution is 2.33. The number of para-hydroxylation sites is 1. The van der Waals surface area contributed by atoms with Gasteiger partial charge in [-0.1, -0.05) is 24.3 Å². The standard InChI is InChI=1S/C23H23N5O/c1-27(20-13-15-28(23(20)29)16-8-3-2-4-9-16)22-17-10-7-12-18(17)25-21(26-22)19-11-5-6-14-24-19/h2-6,8-9,11,14,20H,7,10,12-13,15H2,1H3/t20-/m1/s1. The molecule has 2 aromatic heterocycles. The molecule has 3 heterocycles. The van der Waals surface area contributed by atoms with E-state index in [0.717, 1.165) is 55.1 Å². The van der Waals surface area contributed by atoms with E-state index in [1.807, 2.05) is 60.5 Å². The molecule has 1 saturated heterocycles. The SMILES string of the molecule is CN(c1nc(-c2ccccn2)nc2c1CCC2)[C@@H]1CCN(c2ccccc2)C1=O. The van der Waals surface area contributed by atoms with E-state index in [9.17, 15) is 4.79 Å². The van der Waals surface area contributed by atoms with Gasteiger partial charge in [0.2, 0.25) is 5.91 Å². The van der Waals surface area contributed by atoms with Crippen LogP contribution in [0.1, 0.15) is 24.1 Å². The average Bonchev–Trinajstić information content (AvgIpc) is 3.40. The molecule has 0 saturated carbocycles. The van der Waals surface area contributed by atoms with Gasteiger partial charge < -0.3 is 9.80 Å². The molecule has 1 aliphatic carbocycles. The van der Waals surface area contributed by atoms with E-state index in [1.54, 1.807) is 6.20 Å². The molecule has 0 bridgehead atoms. The summed E-state index contributed by atoms with van der Waals surface area (Å²) in [6, 6.07) is 15.4. The van der Waals surface area contributed by atoms with Gasteiger partial charge in [-0.15, -0.1) is 0 Å². The predicted octanol–water partition coefficient (Wildman–Crippen LogP) is 3.27. The third-order valence-electron chi connectivity index (χ3n) is 5.85. The Morgan fingerprint density at radius 3 is 2.66 bits per heavy atom. The molecular weight excluding hydrogens is 362 g/mol. The smallest absolute Gasteiger partial charge is 0.249 e. The Hall–Kier alpha value is -3.28. The fourth-order valence-electron chi connectivity index (χ4n) is 4.35. The maximum absolute atomic E-state index is 13.2. The Morgan fingerprint density at radius 2 is 1.86 bits per heavy atom. The maximum Gasteiger partial charge on any atom is 0.249 e. The second kappa shape index (κ2) is 7.28. The zero-order valence-electron chi connectivity index (χ0n) is 16.5. The molecule has 1 amide bonds. The summed E-state index contributed by atoms with van der Waals surface area (Å²) in [6.07, 6.45) is 5.52. The number of anilines is 2. The van der Waals surface area contributed by atoms with E-state index in [-0.39, 0.29) is 11.9 Å². The second-order valence-electron chi connectivity index (χ2n) is 7.61. The summed E-state index contributed by atoms with van der Waals surface area (Å²) in [6.45, 7) is 0.720. The minimum absolute atomic E-state index is 0.128. The first-order valence-corrected chi connectivity index (χ1v) is 10.1. The van der Waals surface area contributed by atoms with Gasteiger partial charge in [-0.25, -0.2) is 9.97 Å². The predicted molar refractivity (Wildman–Crippen MR) is 113 cm³/mol. The van der Waals surface area contributed by atoms with Crippen LogP contribution in [0, 0.1) is 0 Å². The lowest BCUT2D eigenvalue weighted by Gasteiger charge is -2.27. The minimum atomic E-state index is -0.216. The van der Waals surface area contributed by atoms with Crippen LogP contribution in [0.2, 0.25) is 0 Å². The Bertz CT molecular complexity index is 1040. The van der Waals surface area contributed by atoms with Crippen LogP contribution in [0.15, 0.2) is 54.7 Å². The lowest BCUT2D eigenvalue weighted by atomic mass is 10.1. The van der Waals surface area contributed by atoms with E-state index < -0.39 is 0 Å². The van der Waals surface area contributed by atoms with E-state index >= 15 is 0 Å². The third kappa shape index (κ3) is 3.14. The van der Waals surface area contributed by atoms with Crippen molar-refractivity contribution in [3.63, 3.8) is 0 Å². The lowest BCUT2D eigenvalue weighted by molar-refractivity contribution is -0.118. The molecular formula is C23H23N5O. The van der Waals surface area contributed by atoms with Crippen molar-refractivity contribution in [2.75, 3.05) is 23.4 Å². The molecule has 1 fully saturated rings. The van der Waals surface area contributed by atoms with Crippen molar-refractivity contribution < 1.29 is 4.79 Å². The monoisotopic (exact) mass is 385 g/mol. The van der Waals surface area contributed by atoms with Crippen molar-refractivity contribution in [3.8, 4) is 11.5 Å². The molecule has 2 aliphatic rings. The lowest BCUT2D eigenvalue weighted by Crippen LogP contribution is -2.40. The number of likely N-dealkylation sites (N-methyl/N-ethyl adjacent to an activating group) is 1. The summed E-state index contributed by atoms with van der Waals surface area (Å²) in [5.41, 5.74) is 3.99. The van der Waals surface area contributed by atoms with Crippen molar-refractivity contribution in [1.29, 1.82) is 0 Å². The van der Waals surface area contributed by atoms with Gasteiger partial charge in [0, 0.05) is 36.7 Å². The zero-order chi connectivity index (χ0) is 19.8.